The monoisotopic (exact) mass is 384 g/mol. The fourth-order valence-electron chi connectivity index (χ4n) is 2.12. The average Bonchev–Trinajstić information content (AvgIpc) is 3.40. The molecule has 1 fully saturated rings. The highest BCUT2D eigenvalue weighted by Gasteiger charge is 2.23. The summed E-state index contributed by atoms with van der Waals surface area (Å²) in [6.45, 7) is 0.578. The van der Waals surface area contributed by atoms with Crippen molar-refractivity contribution in [3.05, 3.63) is 40.4 Å². The molecule has 0 unspecified atom stereocenters. The number of halogens is 2. The number of carbonyl (C=O) groups is 1. The molecule has 3 rings (SSSR count). The summed E-state index contributed by atoms with van der Waals surface area (Å²) in [6.07, 6.45) is 6.13. The Morgan fingerprint density at radius 1 is 1.36 bits per heavy atom. The van der Waals surface area contributed by atoms with Gasteiger partial charge in [0.05, 0.1) is 25.6 Å². The Hall–Kier alpha value is -2.25. The van der Waals surface area contributed by atoms with Crippen molar-refractivity contribution in [3.63, 3.8) is 0 Å². The van der Waals surface area contributed by atoms with Crippen LogP contribution >= 0.6 is 23.2 Å². The molecule has 0 bridgehead atoms. The zero-order chi connectivity index (χ0) is 18.0. The number of ether oxygens (including phenoxy) is 2. The van der Waals surface area contributed by atoms with Crippen LogP contribution in [0.4, 0.5) is 5.69 Å². The molecule has 0 aromatic carbocycles. The fourth-order valence-corrected chi connectivity index (χ4v) is 2.66. The Balaban J connectivity index is 1.80. The van der Waals surface area contributed by atoms with Gasteiger partial charge >= 0.3 is 0 Å². The normalized spacial score (nSPS) is 13.4. The molecule has 25 heavy (non-hydrogen) atoms. The van der Waals surface area contributed by atoms with Crippen molar-refractivity contribution in [2.75, 3.05) is 19.0 Å². The first-order valence-electron chi connectivity index (χ1n) is 7.55. The lowest BCUT2D eigenvalue weighted by Gasteiger charge is -2.12. The van der Waals surface area contributed by atoms with Crippen molar-refractivity contribution in [3.8, 4) is 11.5 Å². The third kappa shape index (κ3) is 4.24. The molecule has 2 aromatic heterocycles. The predicted octanol–water partition coefficient (Wildman–Crippen LogP) is 2.96. The van der Waals surface area contributed by atoms with Crippen LogP contribution in [0.25, 0.3) is 0 Å². The van der Waals surface area contributed by atoms with Crippen LogP contribution in [-0.2, 0) is 0 Å². The van der Waals surface area contributed by atoms with Crippen LogP contribution in [0.2, 0.25) is 10.0 Å². The highest BCUT2D eigenvalue weighted by atomic mass is 35.5. The Morgan fingerprint density at radius 3 is 2.64 bits per heavy atom. The second-order valence-corrected chi connectivity index (χ2v) is 6.45. The second kappa shape index (κ2) is 7.33. The van der Waals surface area contributed by atoms with Gasteiger partial charge in [0.25, 0.3) is 5.91 Å². The van der Waals surface area contributed by atoms with E-state index in [0.29, 0.717) is 28.8 Å². The molecule has 2 aromatic rings. The Bertz CT molecular complexity index is 789. The average molecular weight is 385 g/mol. The van der Waals surface area contributed by atoms with E-state index in [1.807, 2.05) is 0 Å². The Morgan fingerprint density at radius 2 is 2.04 bits per heavy atom. The lowest BCUT2D eigenvalue weighted by atomic mass is 10.3. The number of anilines is 1. The van der Waals surface area contributed by atoms with Crippen molar-refractivity contribution >= 4 is 34.8 Å². The Kier molecular flexibility index (Phi) is 5.15. The maximum absolute atomic E-state index is 12.4. The minimum atomic E-state index is -0.515. The molecule has 1 amide bonds. The molecular formula is C16H16Cl2N3O4+. The van der Waals surface area contributed by atoms with Gasteiger partial charge in [0.2, 0.25) is 12.4 Å². The van der Waals surface area contributed by atoms with Crippen LogP contribution in [0.5, 0.6) is 11.5 Å². The second-order valence-electron chi connectivity index (χ2n) is 5.64. The zero-order valence-corrected chi connectivity index (χ0v) is 14.8. The number of aromatic nitrogens is 2. The molecule has 2 heterocycles. The number of hydrogen-bond acceptors (Lipinski definition) is 5. The van der Waals surface area contributed by atoms with E-state index in [1.165, 1.54) is 31.8 Å². The molecule has 1 aliphatic rings. The van der Waals surface area contributed by atoms with Gasteiger partial charge in [0.15, 0.2) is 11.5 Å². The van der Waals surface area contributed by atoms with Crippen LogP contribution in [-0.4, -0.2) is 29.8 Å². The van der Waals surface area contributed by atoms with E-state index in [4.69, 9.17) is 32.7 Å². The maximum Gasteiger partial charge on any atom is 0.274 e. The summed E-state index contributed by atoms with van der Waals surface area (Å²) in [5.41, 5.74) is 0.302. The highest BCUT2D eigenvalue weighted by molar-refractivity contribution is 6.39. The van der Waals surface area contributed by atoms with Gasteiger partial charge in [-0.3, -0.25) is 10.0 Å². The molecule has 1 saturated carbocycles. The number of rotatable bonds is 6. The molecule has 132 valence electrons. The fraction of sp³-hybridized carbons (Fsp3) is 0.312. The van der Waals surface area contributed by atoms with Gasteiger partial charge in [-0.2, -0.15) is 0 Å². The van der Waals surface area contributed by atoms with Gasteiger partial charge < -0.3 is 14.8 Å². The summed E-state index contributed by atoms with van der Waals surface area (Å²) >= 11 is 12.0. The van der Waals surface area contributed by atoms with Crippen molar-refractivity contribution < 1.29 is 24.2 Å². The van der Waals surface area contributed by atoms with Gasteiger partial charge in [-0.15, -0.1) is 0 Å². The molecule has 1 aliphatic carbocycles. The quantitative estimate of drug-likeness (QED) is 0.590. The summed E-state index contributed by atoms with van der Waals surface area (Å²) < 4.78 is 11.6. The van der Waals surface area contributed by atoms with Gasteiger partial charge in [0, 0.05) is 10.8 Å². The number of nitrogens with zero attached hydrogens (tertiary/aromatic N) is 2. The number of hydrogen-bond donors (Lipinski definition) is 2. The molecule has 7 nitrogen and oxygen atoms in total. The van der Waals surface area contributed by atoms with E-state index in [1.54, 1.807) is 0 Å². The van der Waals surface area contributed by atoms with Crippen molar-refractivity contribution in [2.45, 2.75) is 12.8 Å². The van der Waals surface area contributed by atoms with Gasteiger partial charge in [-0.05, 0) is 18.8 Å². The first-order chi connectivity index (χ1) is 12.0. The third-order valence-electron chi connectivity index (χ3n) is 3.66. The first kappa shape index (κ1) is 17.6. The minimum absolute atomic E-state index is 0.0852. The molecule has 9 heteroatoms. The molecule has 0 spiro atoms. The first-order valence-corrected chi connectivity index (χ1v) is 8.31. The molecular weight excluding hydrogens is 369 g/mol. The van der Waals surface area contributed by atoms with Crippen LogP contribution < -0.4 is 19.5 Å². The molecule has 0 aliphatic heterocycles. The van der Waals surface area contributed by atoms with Crippen LogP contribution in [0, 0.1) is 5.92 Å². The Labute approximate surface area is 154 Å². The maximum atomic E-state index is 12.4. The molecule has 0 atom stereocenters. The van der Waals surface area contributed by atoms with E-state index in [-0.39, 0.29) is 21.4 Å². The van der Waals surface area contributed by atoms with Crippen molar-refractivity contribution in [1.29, 1.82) is 0 Å². The summed E-state index contributed by atoms with van der Waals surface area (Å²) in [4.78, 5) is 16.5. The summed E-state index contributed by atoms with van der Waals surface area (Å²) in [6, 6.07) is 1.51. The van der Waals surface area contributed by atoms with Crippen molar-refractivity contribution in [2.24, 2.45) is 5.92 Å². The number of methoxy groups -OCH3 is 1. The summed E-state index contributed by atoms with van der Waals surface area (Å²) in [5, 5.41) is 12.1. The van der Waals surface area contributed by atoms with Crippen LogP contribution in [0.1, 0.15) is 23.3 Å². The lowest BCUT2D eigenvalue weighted by Crippen LogP contribution is -2.29. The van der Waals surface area contributed by atoms with Crippen LogP contribution in [0.15, 0.2) is 24.7 Å². The minimum Gasteiger partial charge on any atom is -0.491 e. The lowest BCUT2D eigenvalue weighted by molar-refractivity contribution is -0.904. The number of pyridine rings is 2. The topological polar surface area (TPSA) is 84.6 Å². The van der Waals surface area contributed by atoms with Gasteiger partial charge in [-0.1, -0.05) is 23.2 Å². The smallest absolute Gasteiger partial charge is 0.274 e. The number of nitrogens with one attached hydrogen (secondary N) is 1. The predicted molar refractivity (Wildman–Crippen MR) is 90.8 cm³/mol. The van der Waals surface area contributed by atoms with E-state index in [2.05, 4.69) is 10.3 Å². The number of amides is 1. The molecule has 0 radical (unpaired) electrons. The van der Waals surface area contributed by atoms with E-state index in [9.17, 15) is 10.0 Å². The molecule has 2 N–H and O–H groups in total. The van der Waals surface area contributed by atoms with Crippen LogP contribution in [0.3, 0.4) is 0 Å². The van der Waals surface area contributed by atoms with Gasteiger partial charge in [-0.25, -0.2) is 4.98 Å². The van der Waals surface area contributed by atoms with E-state index in [0.717, 1.165) is 12.8 Å². The summed E-state index contributed by atoms with van der Waals surface area (Å²) in [7, 11) is 1.51. The largest absolute Gasteiger partial charge is 0.491 e. The standard InChI is InChI=1S/C16H15Cl2N3O4/c1-24-14-5-19-12(4-13(14)25-8-9-2-3-9)16(22)20-15-10(17)6-21(23)7-11(15)18/h4-7,9,23H,2-3,8H2,1H3/p+1. The SMILES string of the molecule is COc1cnc(C(=O)Nc2c(Cl)c[n+](O)cc2Cl)cc1OCC1CC1. The highest BCUT2D eigenvalue weighted by Crippen LogP contribution is 2.33. The zero-order valence-electron chi connectivity index (χ0n) is 13.3. The summed E-state index contributed by atoms with van der Waals surface area (Å²) in [5.74, 6) is 0.947. The third-order valence-corrected chi connectivity index (χ3v) is 4.24. The number of carbonyl (C=O) groups excluding carboxylic acids is 1. The molecule has 0 saturated heterocycles. The van der Waals surface area contributed by atoms with E-state index >= 15 is 0 Å². The van der Waals surface area contributed by atoms with E-state index < -0.39 is 5.91 Å². The van der Waals surface area contributed by atoms with Gasteiger partial charge in [0.1, 0.15) is 15.7 Å². The van der Waals surface area contributed by atoms with Crippen molar-refractivity contribution in [1.82, 2.24) is 4.98 Å².